The molecule has 0 unspecified atom stereocenters. The molecule has 0 aromatic heterocycles. The van der Waals surface area contributed by atoms with Gasteiger partial charge >= 0.3 is 0 Å². The SMILES string of the molecule is Cc1cc(C)c2c(c1)C1=CC(=O)CC=C1CS2. The summed E-state index contributed by atoms with van der Waals surface area (Å²) in [5.74, 6) is 1.22. The summed E-state index contributed by atoms with van der Waals surface area (Å²) in [6.45, 7) is 4.26. The maximum atomic E-state index is 11.6. The number of benzene rings is 1. The lowest BCUT2D eigenvalue weighted by Gasteiger charge is -2.25. The van der Waals surface area contributed by atoms with Gasteiger partial charge in [0.2, 0.25) is 0 Å². The number of hydrogen-bond acceptors (Lipinski definition) is 2. The Labute approximate surface area is 106 Å². The van der Waals surface area contributed by atoms with Crippen LogP contribution in [0.2, 0.25) is 0 Å². The summed E-state index contributed by atoms with van der Waals surface area (Å²) >= 11 is 1.89. The number of rotatable bonds is 0. The molecule has 0 atom stereocenters. The van der Waals surface area contributed by atoms with Gasteiger partial charge in [-0.25, -0.2) is 0 Å². The Kier molecular flexibility index (Phi) is 2.48. The summed E-state index contributed by atoms with van der Waals surface area (Å²) < 4.78 is 0. The molecule has 0 bridgehead atoms. The zero-order valence-corrected chi connectivity index (χ0v) is 10.9. The summed E-state index contributed by atoms with van der Waals surface area (Å²) in [5.41, 5.74) is 6.32. The monoisotopic (exact) mass is 242 g/mol. The number of hydrogen-bond donors (Lipinski definition) is 0. The standard InChI is InChI=1S/C15H14OS/c1-9-5-10(2)15-14(6-9)13-7-12(16)4-3-11(13)8-17-15/h3,5-7H,4,8H2,1-2H3. The van der Waals surface area contributed by atoms with Gasteiger partial charge in [0.25, 0.3) is 0 Å². The van der Waals surface area contributed by atoms with E-state index in [4.69, 9.17) is 0 Å². The van der Waals surface area contributed by atoms with Gasteiger partial charge in [0.05, 0.1) is 0 Å². The molecule has 1 aromatic rings. The van der Waals surface area contributed by atoms with Crippen LogP contribution in [0.25, 0.3) is 5.57 Å². The average molecular weight is 242 g/mol. The molecule has 1 aliphatic carbocycles. The van der Waals surface area contributed by atoms with Crippen molar-refractivity contribution in [3.05, 3.63) is 46.5 Å². The minimum atomic E-state index is 0.223. The first-order valence-electron chi connectivity index (χ1n) is 5.83. The summed E-state index contributed by atoms with van der Waals surface area (Å²) in [4.78, 5) is 12.9. The van der Waals surface area contributed by atoms with Crippen LogP contribution in [0.15, 0.2) is 34.8 Å². The number of ketones is 1. The Balaban J connectivity index is 2.24. The van der Waals surface area contributed by atoms with Crippen LogP contribution in [0.1, 0.15) is 23.1 Å². The van der Waals surface area contributed by atoms with Gasteiger partial charge < -0.3 is 0 Å². The van der Waals surface area contributed by atoms with Gasteiger partial charge in [-0.2, -0.15) is 0 Å². The van der Waals surface area contributed by atoms with Crippen LogP contribution >= 0.6 is 11.8 Å². The third-order valence-corrected chi connectivity index (χ3v) is 4.57. The van der Waals surface area contributed by atoms with E-state index in [-0.39, 0.29) is 5.78 Å². The molecule has 0 saturated carbocycles. The molecule has 1 aliphatic heterocycles. The van der Waals surface area contributed by atoms with Crippen molar-refractivity contribution in [3.8, 4) is 0 Å². The molecule has 3 rings (SSSR count). The zero-order chi connectivity index (χ0) is 12.0. The molecule has 0 N–H and O–H groups in total. The van der Waals surface area contributed by atoms with Gasteiger partial charge in [-0.3, -0.25) is 4.79 Å². The lowest BCUT2D eigenvalue weighted by Crippen LogP contribution is -2.10. The summed E-state index contributed by atoms with van der Waals surface area (Å²) in [6.07, 6.45) is 4.48. The first-order valence-corrected chi connectivity index (χ1v) is 6.82. The molecule has 86 valence electrons. The quantitative estimate of drug-likeness (QED) is 0.690. The molecule has 0 spiro atoms. The van der Waals surface area contributed by atoms with Gasteiger partial charge in [0.1, 0.15) is 0 Å². The predicted octanol–water partition coefficient (Wildman–Crippen LogP) is 3.69. The Morgan fingerprint density at radius 1 is 1.24 bits per heavy atom. The van der Waals surface area contributed by atoms with Gasteiger partial charge in [0.15, 0.2) is 5.78 Å². The Morgan fingerprint density at radius 3 is 2.88 bits per heavy atom. The van der Waals surface area contributed by atoms with Crippen molar-refractivity contribution in [1.29, 1.82) is 0 Å². The number of allylic oxidation sites excluding steroid dienone is 3. The van der Waals surface area contributed by atoms with E-state index < -0.39 is 0 Å². The molecule has 1 nitrogen and oxygen atoms in total. The van der Waals surface area contributed by atoms with Crippen molar-refractivity contribution in [2.45, 2.75) is 25.2 Å². The minimum absolute atomic E-state index is 0.223. The van der Waals surface area contributed by atoms with Gasteiger partial charge in [-0.15, -0.1) is 11.8 Å². The molecule has 2 aliphatic rings. The van der Waals surface area contributed by atoms with Crippen LogP contribution in [0.3, 0.4) is 0 Å². The topological polar surface area (TPSA) is 17.1 Å². The second kappa shape index (κ2) is 3.88. The first-order chi connectivity index (χ1) is 8.15. The molecule has 2 heteroatoms. The first kappa shape index (κ1) is 10.8. The maximum Gasteiger partial charge on any atom is 0.160 e. The van der Waals surface area contributed by atoms with Crippen molar-refractivity contribution in [2.75, 3.05) is 5.75 Å². The number of thioether (sulfide) groups is 1. The van der Waals surface area contributed by atoms with Crippen molar-refractivity contribution < 1.29 is 4.79 Å². The largest absolute Gasteiger partial charge is 0.294 e. The zero-order valence-electron chi connectivity index (χ0n) is 10.0. The average Bonchev–Trinajstić information content (AvgIpc) is 2.28. The molecule has 0 amide bonds. The third-order valence-electron chi connectivity index (χ3n) is 3.28. The number of fused-ring (bicyclic) bond motifs is 3. The molecular weight excluding hydrogens is 228 g/mol. The summed E-state index contributed by atoms with van der Waals surface area (Å²) in [5, 5.41) is 0. The Bertz CT molecular complexity index is 579. The normalized spacial score (nSPS) is 18.1. The van der Waals surface area contributed by atoms with Crippen LogP contribution in [0.5, 0.6) is 0 Å². The Morgan fingerprint density at radius 2 is 2.06 bits per heavy atom. The van der Waals surface area contributed by atoms with E-state index >= 15 is 0 Å². The molecule has 17 heavy (non-hydrogen) atoms. The highest BCUT2D eigenvalue weighted by Crippen LogP contribution is 2.43. The van der Waals surface area contributed by atoms with E-state index in [1.54, 1.807) is 0 Å². The Hall–Kier alpha value is -1.28. The van der Waals surface area contributed by atoms with E-state index in [1.807, 2.05) is 17.8 Å². The van der Waals surface area contributed by atoms with Crippen molar-refractivity contribution in [1.82, 2.24) is 0 Å². The molecular formula is C15H14OS. The number of carbonyl (C=O) groups is 1. The number of carbonyl (C=O) groups excluding carboxylic acids is 1. The van der Waals surface area contributed by atoms with E-state index in [9.17, 15) is 4.79 Å². The molecule has 0 fully saturated rings. The predicted molar refractivity (Wildman–Crippen MR) is 72.3 cm³/mol. The fraction of sp³-hybridized carbons (Fsp3) is 0.267. The lowest BCUT2D eigenvalue weighted by atomic mass is 9.90. The minimum Gasteiger partial charge on any atom is -0.294 e. The molecule has 1 heterocycles. The maximum absolute atomic E-state index is 11.6. The fourth-order valence-electron chi connectivity index (χ4n) is 2.53. The third kappa shape index (κ3) is 1.77. The van der Waals surface area contributed by atoms with Crippen LogP contribution in [-0.2, 0) is 4.79 Å². The van der Waals surface area contributed by atoms with E-state index in [2.05, 4.69) is 32.1 Å². The molecule has 0 saturated heterocycles. The highest BCUT2D eigenvalue weighted by molar-refractivity contribution is 7.99. The molecule has 1 aromatic carbocycles. The highest BCUT2D eigenvalue weighted by Gasteiger charge is 2.23. The molecule has 0 radical (unpaired) electrons. The second-order valence-corrected chi connectivity index (χ2v) is 5.69. The van der Waals surface area contributed by atoms with Crippen molar-refractivity contribution >= 4 is 23.1 Å². The highest BCUT2D eigenvalue weighted by atomic mass is 32.2. The summed E-state index contributed by atoms with van der Waals surface area (Å²) in [6, 6.07) is 4.42. The van der Waals surface area contributed by atoms with Gasteiger partial charge in [-0.1, -0.05) is 23.8 Å². The van der Waals surface area contributed by atoms with Crippen LogP contribution < -0.4 is 0 Å². The van der Waals surface area contributed by atoms with Crippen molar-refractivity contribution in [3.63, 3.8) is 0 Å². The fourth-order valence-corrected chi connectivity index (χ4v) is 3.71. The van der Waals surface area contributed by atoms with Gasteiger partial charge in [-0.05, 0) is 42.2 Å². The van der Waals surface area contributed by atoms with Crippen LogP contribution in [-0.4, -0.2) is 11.5 Å². The van der Waals surface area contributed by atoms with Crippen LogP contribution in [0, 0.1) is 13.8 Å². The van der Waals surface area contributed by atoms with Crippen molar-refractivity contribution in [2.24, 2.45) is 0 Å². The summed E-state index contributed by atoms with van der Waals surface area (Å²) in [7, 11) is 0. The van der Waals surface area contributed by atoms with Crippen LogP contribution in [0.4, 0.5) is 0 Å². The second-order valence-electron chi connectivity index (χ2n) is 4.70. The number of aryl methyl sites for hydroxylation is 2. The van der Waals surface area contributed by atoms with Gasteiger partial charge in [0, 0.05) is 17.1 Å². The lowest BCUT2D eigenvalue weighted by molar-refractivity contribution is -0.113. The van der Waals surface area contributed by atoms with E-state index in [0.717, 1.165) is 11.3 Å². The van der Waals surface area contributed by atoms with E-state index in [1.165, 1.54) is 27.2 Å². The smallest absolute Gasteiger partial charge is 0.160 e. The van der Waals surface area contributed by atoms with E-state index in [0.29, 0.717) is 6.42 Å².